The summed E-state index contributed by atoms with van der Waals surface area (Å²) in [7, 11) is 17.8. The highest BCUT2D eigenvalue weighted by Gasteiger charge is 2.51. The zero-order chi connectivity index (χ0) is 25.7. The molecule has 2 atom stereocenters. The predicted octanol–water partition coefficient (Wildman–Crippen LogP) is 1.37. The number of fused-ring (bicyclic) bond motifs is 1. The molecular weight excluding hydrogens is 476 g/mol. The number of halogens is 3. The van der Waals surface area contributed by atoms with Gasteiger partial charge in [-0.25, -0.2) is 0 Å². The van der Waals surface area contributed by atoms with Gasteiger partial charge >= 0.3 is 5.92 Å². The average molecular weight is 491 g/mol. The SMILES string of the molecule is [B]C1CC(=O)NC(=O)[C@]1([B])N1Cc2cc(CN([B])C(=O)C(F)(F)c3ccc(Cl)cc3)ccc2C1=O. The number of imide groups is 1. The number of nitrogens with zero attached hydrogens (tertiary/aromatic N) is 2. The van der Waals surface area contributed by atoms with Crippen molar-refractivity contribution >= 4 is 58.9 Å². The highest BCUT2D eigenvalue weighted by atomic mass is 35.5. The molecule has 2 aliphatic heterocycles. The van der Waals surface area contributed by atoms with Crippen LogP contribution in [0.25, 0.3) is 0 Å². The normalized spacial score (nSPS) is 22.1. The third kappa shape index (κ3) is 4.24. The highest BCUT2D eigenvalue weighted by molar-refractivity contribution is 6.38. The van der Waals surface area contributed by atoms with Crippen LogP contribution in [0, 0.1) is 0 Å². The van der Waals surface area contributed by atoms with Crippen molar-refractivity contribution in [1.82, 2.24) is 15.0 Å². The molecule has 6 radical (unpaired) electrons. The molecule has 4 amide bonds. The maximum atomic E-state index is 14.7. The highest BCUT2D eigenvalue weighted by Crippen LogP contribution is 2.38. The molecule has 0 saturated carbocycles. The number of amides is 4. The molecule has 2 heterocycles. The lowest BCUT2D eigenvalue weighted by molar-refractivity contribution is -0.154. The molecule has 1 fully saturated rings. The first-order chi connectivity index (χ1) is 16.4. The first-order valence-electron chi connectivity index (χ1n) is 10.4. The molecule has 172 valence electrons. The molecule has 0 spiro atoms. The van der Waals surface area contributed by atoms with Crippen molar-refractivity contribution in [1.29, 1.82) is 0 Å². The summed E-state index contributed by atoms with van der Waals surface area (Å²) < 4.78 is 29.3. The summed E-state index contributed by atoms with van der Waals surface area (Å²) in [5.74, 6) is -8.73. The Bertz CT molecular complexity index is 1250. The summed E-state index contributed by atoms with van der Waals surface area (Å²) in [5.41, 5.74) is -1.51. The fourth-order valence-electron chi connectivity index (χ4n) is 4.13. The molecule has 35 heavy (non-hydrogen) atoms. The Morgan fingerprint density at radius 2 is 1.86 bits per heavy atom. The Morgan fingerprint density at radius 3 is 2.49 bits per heavy atom. The zero-order valence-corrected chi connectivity index (χ0v) is 18.9. The quantitative estimate of drug-likeness (QED) is 0.506. The van der Waals surface area contributed by atoms with Crippen molar-refractivity contribution in [2.75, 3.05) is 0 Å². The molecule has 4 rings (SSSR count). The van der Waals surface area contributed by atoms with Gasteiger partial charge in [-0.1, -0.05) is 35.9 Å². The van der Waals surface area contributed by atoms with E-state index in [2.05, 4.69) is 5.32 Å². The van der Waals surface area contributed by atoms with Crippen molar-refractivity contribution in [3.8, 4) is 0 Å². The Hall–Kier alpha value is -3.14. The van der Waals surface area contributed by atoms with Gasteiger partial charge in [0.25, 0.3) is 11.8 Å². The van der Waals surface area contributed by atoms with Crippen LogP contribution < -0.4 is 5.32 Å². The summed E-state index contributed by atoms with van der Waals surface area (Å²) in [4.78, 5) is 50.9. The zero-order valence-electron chi connectivity index (χ0n) is 18.1. The lowest BCUT2D eigenvalue weighted by Crippen LogP contribution is -2.66. The number of rotatable bonds is 5. The second-order valence-electron chi connectivity index (χ2n) is 8.41. The lowest BCUT2D eigenvalue weighted by Gasteiger charge is -2.45. The van der Waals surface area contributed by atoms with Gasteiger partial charge in [0.05, 0.1) is 13.3 Å². The van der Waals surface area contributed by atoms with Gasteiger partial charge in [-0.3, -0.25) is 24.5 Å². The number of hydrogen-bond donors (Lipinski definition) is 1. The van der Waals surface area contributed by atoms with E-state index in [1.165, 1.54) is 30.3 Å². The van der Waals surface area contributed by atoms with Gasteiger partial charge in [-0.2, -0.15) is 8.78 Å². The van der Waals surface area contributed by atoms with E-state index in [9.17, 15) is 28.0 Å². The minimum atomic E-state index is -3.89. The minimum Gasteiger partial charge on any atom is -0.387 e. The van der Waals surface area contributed by atoms with Gasteiger partial charge in [0, 0.05) is 35.7 Å². The van der Waals surface area contributed by atoms with Crippen LogP contribution in [0.1, 0.15) is 33.5 Å². The van der Waals surface area contributed by atoms with Gasteiger partial charge in [0.2, 0.25) is 19.8 Å². The topological polar surface area (TPSA) is 86.8 Å². The average Bonchev–Trinajstić information content (AvgIpc) is 3.13. The lowest BCUT2D eigenvalue weighted by atomic mass is 9.56. The molecule has 1 saturated heterocycles. The fraction of sp³-hybridized carbons (Fsp3) is 0.273. The number of hydrogen-bond acceptors (Lipinski definition) is 4. The van der Waals surface area contributed by atoms with Crippen LogP contribution >= 0.6 is 11.6 Å². The molecule has 0 aromatic heterocycles. The number of benzene rings is 2. The van der Waals surface area contributed by atoms with Crippen LogP contribution in [0.5, 0.6) is 0 Å². The van der Waals surface area contributed by atoms with Crippen LogP contribution in [-0.2, 0) is 33.4 Å². The minimum absolute atomic E-state index is 0.118. The second kappa shape index (κ2) is 8.82. The van der Waals surface area contributed by atoms with Crippen molar-refractivity contribution < 1.29 is 28.0 Å². The van der Waals surface area contributed by atoms with Crippen LogP contribution in [-0.4, -0.2) is 62.5 Å². The molecule has 2 aromatic rings. The molecule has 1 unspecified atom stereocenters. The molecule has 0 bridgehead atoms. The maximum Gasteiger partial charge on any atom is 0.348 e. The third-order valence-electron chi connectivity index (χ3n) is 6.10. The second-order valence-corrected chi connectivity index (χ2v) is 8.85. The Kier molecular flexibility index (Phi) is 6.29. The first-order valence-corrected chi connectivity index (χ1v) is 10.8. The summed E-state index contributed by atoms with van der Waals surface area (Å²) in [6.45, 7) is -0.501. The van der Waals surface area contributed by atoms with Gasteiger partial charge < -0.3 is 9.71 Å². The van der Waals surface area contributed by atoms with E-state index in [4.69, 9.17) is 35.3 Å². The largest absolute Gasteiger partial charge is 0.387 e. The monoisotopic (exact) mass is 491 g/mol. The van der Waals surface area contributed by atoms with E-state index in [1.807, 2.05) is 0 Å². The summed E-state index contributed by atoms with van der Waals surface area (Å²) in [5, 5.41) is 2.33. The fourth-order valence-corrected chi connectivity index (χ4v) is 4.25. The maximum absolute atomic E-state index is 14.7. The number of carbonyl (C=O) groups is 4. The van der Waals surface area contributed by atoms with Crippen molar-refractivity contribution in [3.63, 3.8) is 0 Å². The molecule has 7 nitrogen and oxygen atoms in total. The Labute approximate surface area is 208 Å². The van der Waals surface area contributed by atoms with Crippen molar-refractivity contribution in [2.45, 2.75) is 36.7 Å². The molecule has 2 aromatic carbocycles. The number of piperidine rings is 1. The molecule has 1 N–H and O–H groups in total. The van der Waals surface area contributed by atoms with Crippen LogP contribution in [0.3, 0.4) is 0 Å². The standard InChI is InChI=1S/C22H15B3ClF2N3O4/c23-16-8-17(32)29-19(34)21(16,24)30-10-12-7-11(1-6-15(12)18(30)33)9-31(25)20(35)22(27,28)13-2-4-14(26)5-3-13/h1-7,16H,8-10H2,(H,29,32,34)/t16?,21-/m1/s1. The van der Waals surface area contributed by atoms with Gasteiger partial charge in [0.15, 0.2) is 0 Å². The van der Waals surface area contributed by atoms with Gasteiger partial charge in [-0.15, -0.1) is 0 Å². The molecule has 2 aliphatic rings. The van der Waals surface area contributed by atoms with Gasteiger partial charge in [0.1, 0.15) is 7.85 Å². The summed E-state index contributed by atoms with van der Waals surface area (Å²) in [6, 6.07) is 8.91. The molecule has 0 aliphatic carbocycles. The van der Waals surface area contributed by atoms with E-state index in [-0.39, 0.29) is 30.1 Å². The van der Waals surface area contributed by atoms with E-state index in [0.717, 1.165) is 17.0 Å². The van der Waals surface area contributed by atoms with E-state index in [0.29, 0.717) is 15.9 Å². The number of alkyl halides is 2. The summed E-state index contributed by atoms with van der Waals surface area (Å²) >= 11 is 5.71. The van der Waals surface area contributed by atoms with E-state index < -0.39 is 46.4 Å². The Balaban J connectivity index is 1.52. The van der Waals surface area contributed by atoms with Gasteiger partial charge in [-0.05, 0) is 35.1 Å². The van der Waals surface area contributed by atoms with Crippen molar-refractivity contribution in [2.24, 2.45) is 0 Å². The smallest absolute Gasteiger partial charge is 0.348 e. The predicted molar refractivity (Wildman–Crippen MR) is 124 cm³/mol. The first kappa shape index (κ1) is 25.0. The van der Waals surface area contributed by atoms with Crippen LogP contribution in [0.15, 0.2) is 42.5 Å². The van der Waals surface area contributed by atoms with E-state index in [1.54, 1.807) is 0 Å². The Morgan fingerprint density at radius 1 is 1.20 bits per heavy atom. The third-order valence-corrected chi connectivity index (χ3v) is 6.35. The van der Waals surface area contributed by atoms with Crippen LogP contribution in [0.2, 0.25) is 10.8 Å². The van der Waals surface area contributed by atoms with E-state index >= 15 is 0 Å². The van der Waals surface area contributed by atoms with Crippen LogP contribution in [0.4, 0.5) is 8.78 Å². The number of nitrogens with one attached hydrogen (secondary N) is 1. The molecule has 13 heteroatoms. The van der Waals surface area contributed by atoms with Crippen molar-refractivity contribution in [3.05, 3.63) is 69.7 Å². The molecular formula is C22H15B3ClF2N3O4. The summed E-state index contributed by atoms with van der Waals surface area (Å²) in [6.07, 6.45) is -0.250. The number of carbonyl (C=O) groups excluding carboxylic acids is 4.